The van der Waals surface area contributed by atoms with E-state index in [4.69, 9.17) is 9.47 Å². The minimum absolute atomic E-state index is 0.644. The number of nitrogens with one attached hydrogen (secondary N) is 2. The van der Waals surface area contributed by atoms with Crippen LogP contribution in [0, 0.1) is 0 Å². The summed E-state index contributed by atoms with van der Waals surface area (Å²) in [5, 5.41) is 10.3. The van der Waals surface area contributed by atoms with Crippen molar-refractivity contribution in [3.05, 3.63) is 35.7 Å². The molecule has 1 aromatic carbocycles. The number of hydrogen-bond donors (Lipinski definition) is 2. The zero-order chi connectivity index (χ0) is 19.4. The van der Waals surface area contributed by atoms with Gasteiger partial charge in [0.25, 0.3) is 0 Å². The topological polar surface area (TPSA) is 75.3 Å². The molecule has 2 heterocycles. The fourth-order valence-corrected chi connectivity index (χ4v) is 3.41. The Hall–Kier alpha value is -2.12. The van der Waals surface area contributed by atoms with Crippen LogP contribution in [0.1, 0.15) is 43.5 Å². The highest BCUT2D eigenvalue weighted by molar-refractivity contribution is 5.28. The van der Waals surface area contributed by atoms with E-state index in [1.807, 2.05) is 6.07 Å². The number of aromatic amines is 1. The Morgan fingerprint density at radius 1 is 1.14 bits per heavy atom. The van der Waals surface area contributed by atoms with Gasteiger partial charge in [-0.3, -0.25) is 10.00 Å². The molecule has 0 atom stereocenters. The second kappa shape index (κ2) is 11.7. The van der Waals surface area contributed by atoms with Gasteiger partial charge in [-0.05, 0) is 56.5 Å². The van der Waals surface area contributed by atoms with Crippen LogP contribution in [0.4, 0.5) is 5.95 Å². The van der Waals surface area contributed by atoms with Gasteiger partial charge in [-0.15, -0.1) is 5.10 Å². The molecule has 0 bridgehead atoms. The van der Waals surface area contributed by atoms with Crippen molar-refractivity contribution in [3.8, 4) is 5.75 Å². The van der Waals surface area contributed by atoms with Gasteiger partial charge in [0.15, 0.2) is 0 Å². The number of likely N-dealkylation sites (tertiary alicyclic amines) is 1. The Labute approximate surface area is 167 Å². The number of aromatic nitrogens is 3. The minimum Gasteiger partial charge on any atom is -0.494 e. The molecule has 7 nitrogen and oxygen atoms in total. The Morgan fingerprint density at radius 3 is 2.89 bits per heavy atom. The molecule has 0 spiro atoms. The third-order valence-corrected chi connectivity index (χ3v) is 4.95. The number of ether oxygens (including phenoxy) is 2. The van der Waals surface area contributed by atoms with Crippen molar-refractivity contribution in [2.45, 2.75) is 45.1 Å². The number of unbranched alkanes of at least 4 members (excludes halogenated alkanes) is 1. The van der Waals surface area contributed by atoms with E-state index in [-0.39, 0.29) is 0 Å². The number of anilines is 1. The fourth-order valence-electron chi connectivity index (χ4n) is 3.41. The van der Waals surface area contributed by atoms with Crippen LogP contribution in [0.25, 0.3) is 0 Å². The first-order chi connectivity index (χ1) is 13.8. The molecule has 0 aliphatic carbocycles. The second-order valence-electron chi connectivity index (χ2n) is 7.32. The molecular formula is C21H33N5O2. The van der Waals surface area contributed by atoms with Crippen LogP contribution in [0.15, 0.2) is 24.3 Å². The maximum Gasteiger partial charge on any atom is 0.242 e. The number of benzene rings is 1. The molecule has 3 rings (SSSR count). The molecule has 0 saturated carbocycles. The minimum atomic E-state index is 0.644. The molecule has 28 heavy (non-hydrogen) atoms. The molecule has 2 N–H and O–H groups in total. The van der Waals surface area contributed by atoms with E-state index in [0.717, 1.165) is 50.5 Å². The summed E-state index contributed by atoms with van der Waals surface area (Å²) in [6.07, 6.45) is 6.77. The lowest BCUT2D eigenvalue weighted by molar-refractivity contribution is 0.200. The van der Waals surface area contributed by atoms with E-state index < -0.39 is 0 Å². The first kappa shape index (κ1) is 20.6. The van der Waals surface area contributed by atoms with E-state index in [1.54, 1.807) is 7.11 Å². The summed E-state index contributed by atoms with van der Waals surface area (Å²) in [6, 6.07) is 8.53. The lowest BCUT2D eigenvalue weighted by Crippen LogP contribution is -2.29. The predicted octanol–water partition coefficient (Wildman–Crippen LogP) is 3.25. The van der Waals surface area contributed by atoms with E-state index in [2.05, 4.69) is 43.6 Å². The molecule has 1 aliphatic heterocycles. The van der Waals surface area contributed by atoms with Crippen molar-refractivity contribution in [2.75, 3.05) is 45.3 Å². The number of hydrogen-bond acceptors (Lipinski definition) is 6. The summed E-state index contributed by atoms with van der Waals surface area (Å²) < 4.78 is 11.0. The molecule has 0 amide bonds. The van der Waals surface area contributed by atoms with E-state index in [9.17, 15) is 0 Å². The first-order valence-corrected chi connectivity index (χ1v) is 10.4. The van der Waals surface area contributed by atoms with Crippen LogP contribution in [0.5, 0.6) is 5.75 Å². The van der Waals surface area contributed by atoms with Gasteiger partial charge in [0.05, 0.1) is 13.2 Å². The molecule has 1 aromatic heterocycles. The maximum absolute atomic E-state index is 5.94. The van der Waals surface area contributed by atoms with Crippen LogP contribution in [0.2, 0.25) is 0 Å². The molecule has 7 heteroatoms. The third kappa shape index (κ3) is 7.13. The van der Waals surface area contributed by atoms with Gasteiger partial charge in [0.2, 0.25) is 5.95 Å². The van der Waals surface area contributed by atoms with Gasteiger partial charge < -0.3 is 14.8 Å². The number of H-pyrrole nitrogens is 1. The van der Waals surface area contributed by atoms with Crippen molar-refractivity contribution >= 4 is 5.95 Å². The van der Waals surface area contributed by atoms with Gasteiger partial charge >= 0.3 is 0 Å². The lowest BCUT2D eigenvalue weighted by atomic mass is 10.1. The highest BCUT2D eigenvalue weighted by Gasteiger charge is 2.10. The molecule has 0 radical (unpaired) electrons. The van der Waals surface area contributed by atoms with Gasteiger partial charge in [-0.1, -0.05) is 18.6 Å². The summed E-state index contributed by atoms with van der Waals surface area (Å²) in [7, 11) is 1.68. The molecule has 0 unspecified atom stereocenters. The Morgan fingerprint density at radius 2 is 2.04 bits per heavy atom. The molecule has 1 aliphatic rings. The number of rotatable bonds is 12. The molecule has 1 saturated heterocycles. The Kier molecular flexibility index (Phi) is 8.58. The second-order valence-corrected chi connectivity index (χ2v) is 7.32. The zero-order valence-corrected chi connectivity index (χ0v) is 17.0. The summed E-state index contributed by atoms with van der Waals surface area (Å²) >= 11 is 0. The van der Waals surface area contributed by atoms with Crippen LogP contribution in [-0.2, 0) is 17.7 Å². The average molecular weight is 388 g/mol. The largest absolute Gasteiger partial charge is 0.494 e. The van der Waals surface area contributed by atoms with Gasteiger partial charge in [-0.2, -0.15) is 4.98 Å². The number of nitrogens with zero attached hydrogens (tertiary/aromatic N) is 3. The Bertz CT molecular complexity index is 685. The zero-order valence-electron chi connectivity index (χ0n) is 17.0. The predicted molar refractivity (Wildman–Crippen MR) is 111 cm³/mol. The van der Waals surface area contributed by atoms with Crippen LogP contribution < -0.4 is 10.1 Å². The highest BCUT2D eigenvalue weighted by Crippen LogP contribution is 2.18. The number of piperidine rings is 1. The fraction of sp³-hybridized carbons (Fsp3) is 0.619. The lowest BCUT2D eigenvalue weighted by Gasteiger charge is -2.26. The van der Waals surface area contributed by atoms with Crippen molar-refractivity contribution in [3.63, 3.8) is 0 Å². The molecular weight excluding hydrogens is 354 g/mol. The molecule has 154 valence electrons. The SMILES string of the molecule is COCCc1nc(NCCCCOc2cccc(CN3CCCCC3)c2)n[nH]1. The summed E-state index contributed by atoms with van der Waals surface area (Å²) in [5.41, 5.74) is 1.34. The Balaban J connectivity index is 1.29. The third-order valence-electron chi connectivity index (χ3n) is 4.95. The van der Waals surface area contributed by atoms with Crippen LogP contribution in [0.3, 0.4) is 0 Å². The summed E-state index contributed by atoms with van der Waals surface area (Å²) in [5.74, 6) is 2.47. The number of methoxy groups -OCH3 is 1. The summed E-state index contributed by atoms with van der Waals surface area (Å²) in [4.78, 5) is 6.92. The van der Waals surface area contributed by atoms with Gasteiger partial charge in [-0.25, -0.2) is 0 Å². The molecule has 2 aromatic rings. The maximum atomic E-state index is 5.94. The van der Waals surface area contributed by atoms with Crippen molar-refractivity contribution in [2.24, 2.45) is 0 Å². The highest BCUT2D eigenvalue weighted by atomic mass is 16.5. The van der Waals surface area contributed by atoms with Crippen molar-refractivity contribution in [1.82, 2.24) is 20.1 Å². The smallest absolute Gasteiger partial charge is 0.242 e. The van der Waals surface area contributed by atoms with Gasteiger partial charge in [0.1, 0.15) is 11.6 Å². The quantitative estimate of drug-likeness (QED) is 0.545. The van der Waals surface area contributed by atoms with Crippen LogP contribution >= 0.6 is 0 Å². The molecule has 1 fully saturated rings. The van der Waals surface area contributed by atoms with E-state index >= 15 is 0 Å². The summed E-state index contributed by atoms with van der Waals surface area (Å²) in [6.45, 7) is 5.67. The van der Waals surface area contributed by atoms with Crippen molar-refractivity contribution in [1.29, 1.82) is 0 Å². The van der Waals surface area contributed by atoms with Crippen molar-refractivity contribution < 1.29 is 9.47 Å². The van der Waals surface area contributed by atoms with Crippen LogP contribution in [-0.4, -0.2) is 60.0 Å². The first-order valence-electron chi connectivity index (χ1n) is 10.4. The van der Waals surface area contributed by atoms with E-state index in [0.29, 0.717) is 12.6 Å². The van der Waals surface area contributed by atoms with Gasteiger partial charge in [0, 0.05) is 26.6 Å². The average Bonchev–Trinajstić information content (AvgIpc) is 3.18. The van der Waals surface area contributed by atoms with E-state index in [1.165, 1.54) is 37.9 Å². The monoisotopic (exact) mass is 387 g/mol. The standard InChI is InChI=1S/C21H33N5O2/c1-27-15-10-20-23-21(25-24-20)22-11-3-6-14-28-19-9-7-8-18(16-19)17-26-12-4-2-5-13-26/h7-9,16H,2-6,10-15,17H2,1H3,(H2,22,23,24,25). The normalized spacial score (nSPS) is 14.9.